The van der Waals surface area contributed by atoms with Gasteiger partial charge in [0.1, 0.15) is 0 Å². The first-order chi connectivity index (χ1) is 8.75. The van der Waals surface area contributed by atoms with Crippen LogP contribution >= 0.6 is 11.8 Å². The molecular weight excluding hydrogens is 254 g/mol. The lowest BCUT2D eigenvalue weighted by molar-refractivity contribution is 0.0992. The summed E-state index contributed by atoms with van der Waals surface area (Å²) in [6.45, 7) is 0. The standard InChI is InChI=1S/C11H11N3O3S/c15-8(9-2-1-5-17-9)6-18-11-13-12-10(16)14(11)7-3-4-7/h1-2,5,7H,3-4,6H2,(H,12,16). The molecule has 0 bridgehead atoms. The monoisotopic (exact) mass is 265 g/mol. The summed E-state index contributed by atoms with van der Waals surface area (Å²) in [6.07, 6.45) is 3.46. The number of ketones is 1. The summed E-state index contributed by atoms with van der Waals surface area (Å²) in [5.74, 6) is 0.436. The van der Waals surface area contributed by atoms with Crippen LogP contribution in [0.5, 0.6) is 0 Å². The molecule has 0 aromatic carbocycles. The summed E-state index contributed by atoms with van der Waals surface area (Å²) in [6, 6.07) is 3.55. The van der Waals surface area contributed by atoms with E-state index in [1.165, 1.54) is 18.0 Å². The van der Waals surface area contributed by atoms with Gasteiger partial charge in [-0.3, -0.25) is 9.36 Å². The Kier molecular flexibility index (Phi) is 2.83. The first-order valence-corrected chi connectivity index (χ1v) is 6.60. The molecule has 0 aliphatic heterocycles. The fourth-order valence-electron chi connectivity index (χ4n) is 1.69. The van der Waals surface area contributed by atoms with Crippen LogP contribution in [-0.2, 0) is 0 Å². The predicted molar refractivity (Wildman–Crippen MR) is 64.9 cm³/mol. The van der Waals surface area contributed by atoms with E-state index in [2.05, 4.69) is 10.2 Å². The van der Waals surface area contributed by atoms with Gasteiger partial charge < -0.3 is 4.42 Å². The molecule has 2 aromatic heterocycles. The molecule has 3 rings (SSSR count). The number of furan rings is 1. The van der Waals surface area contributed by atoms with Gasteiger partial charge in [-0.25, -0.2) is 9.89 Å². The Hall–Kier alpha value is -1.76. The Bertz CT molecular complexity index is 610. The second-order valence-corrected chi connectivity index (χ2v) is 5.04. The molecule has 2 aromatic rings. The summed E-state index contributed by atoms with van der Waals surface area (Å²) in [4.78, 5) is 23.3. The smallest absolute Gasteiger partial charge is 0.344 e. The van der Waals surface area contributed by atoms with E-state index >= 15 is 0 Å². The van der Waals surface area contributed by atoms with Gasteiger partial charge in [0.05, 0.1) is 12.0 Å². The molecule has 0 amide bonds. The SMILES string of the molecule is O=C(CSc1n[nH]c(=O)n1C1CC1)c1ccco1. The van der Waals surface area contributed by atoms with Crippen molar-refractivity contribution in [3.8, 4) is 0 Å². The average molecular weight is 265 g/mol. The minimum atomic E-state index is -0.203. The van der Waals surface area contributed by atoms with Crippen LogP contribution in [0.4, 0.5) is 0 Å². The molecule has 1 aliphatic rings. The Morgan fingerprint density at radius 1 is 1.61 bits per heavy atom. The van der Waals surface area contributed by atoms with Crippen LogP contribution in [0.1, 0.15) is 29.4 Å². The first kappa shape index (κ1) is 11.3. The Labute approximate surface area is 106 Å². The van der Waals surface area contributed by atoms with Crippen molar-refractivity contribution < 1.29 is 9.21 Å². The number of aromatic amines is 1. The van der Waals surface area contributed by atoms with Gasteiger partial charge in [-0.1, -0.05) is 11.8 Å². The van der Waals surface area contributed by atoms with E-state index in [1.807, 2.05) is 0 Å². The van der Waals surface area contributed by atoms with Crippen LogP contribution in [0.2, 0.25) is 0 Å². The second-order valence-electron chi connectivity index (χ2n) is 4.10. The van der Waals surface area contributed by atoms with Crippen LogP contribution < -0.4 is 5.69 Å². The Morgan fingerprint density at radius 3 is 3.11 bits per heavy atom. The average Bonchev–Trinajstić information content (AvgIpc) is 2.92. The van der Waals surface area contributed by atoms with Crippen molar-refractivity contribution in [3.05, 3.63) is 34.6 Å². The van der Waals surface area contributed by atoms with E-state index in [1.54, 1.807) is 16.7 Å². The Morgan fingerprint density at radius 2 is 2.44 bits per heavy atom. The maximum Gasteiger partial charge on any atom is 0.344 e. The van der Waals surface area contributed by atoms with Crippen molar-refractivity contribution in [1.82, 2.24) is 14.8 Å². The highest BCUT2D eigenvalue weighted by Gasteiger charge is 2.28. The molecule has 0 spiro atoms. The summed E-state index contributed by atoms with van der Waals surface area (Å²) in [5.41, 5.74) is -0.203. The lowest BCUT2D eigenvalue weighted by atomic mass is 10.3. The van der Waals surface area contributed by atoms with Crippen molar-refractivity contribution in [2.24, 2.45) is 0 Å². The molecular formula is C11H11N3O3S. The molecule has 1 N–H and O–H groups in total. The number of hydrogen-bond donors (Lipinski definition) is 1. The number of carbonyl (C=O) groups is 1. The number of hydrogen-bond acceptors (Lipinski definition) is 5. The number of nitrogens with one attached hydrogen (secondary N) is 1. The summed E-state index contributed by atoms with van der Waals surface area (Å²) in [5, 5.41) is 6.93. The molecule has 0 radical (unpaired) electrons. The van der Waals surface area contributed by atoms with Gasteiger partial charge in [-0.15, -0.1) is 5.10 Å². The molecule has 1 saturated carbocycles. The third kappa shape index (κ3) is 2.13. The van der Waals surface area contributed by atoms with E-state index in [-0.39, 0.29) is 23.3 Å². The number of Topliss-reactive ketones (excluding diaryl/α,β-unsaturated/α-hetero) is 1. The number of nitrogens with zero attached hydrogens (tertiary/aromatic N) is 2. The lowest BCUT2D eigenvalue weighted by Crippen LogP contribution is -2.16. The minimum absolute atomic E-state index is 0.109. The highest BCUT2D eigenvalue weighted by Crippen LogP contribution is 2.36. The summed E-state index contributed by atoms with van der Waals surface area (Å²) >= 11 is 1.25. The molecule has 0 saturated heterocycles. The second kappa shape index (κ2) is 4.49. The molecule has 1 fully saturated rings. The third-order valence-corrected chi connectivity index (χ3v) is 3.67. The number of H-pyrrole nitrogens is 1. The largest absolute Gasteiger partial charge is 0.461 e. The fourth-order valence-corrected chi connectivity index (χ4v) is 2.57. The van der Waals surface area contributed by atoms with Crippen LogP contribution in [0, 0.1) is 0 Å². The van der Waals surface area contributed by atoms with Crippen molar-refractivity contribution in [2.75, 3.05) is 5.75 Å². The zero-order valence-electron chi connectivity index (χ0n) is 9.46. The number of carbonyl (C=O) groups excluding carboxylic acids is 1. The lowest BCUT2D eigenvalue weighted by Gasteiger charge is -2.01. The van der Waals surface area contributed by atoms with Crippen molar-refractivity contribution in [2.45, 2.75) is 24.0 Å². The van der Waals surface area contributed by atoms with Crippen LogP contribution in [-0.4, -0.2) is 26.3 Å². The number of aromatic nitrogens is 3. The van der Waals surface area contributed by atoms with Crippen LogP contribution in [0.25, 0.3) is 0 Å². The topological polar surface area (TPSA) is 80.9 Å². The van der Waals surface area contributed by atoms with E-state index < -0.39 is 0 Å². The molecule has 1 aliphatic carbocycles. The van der Waals surface area contributed by atoms with E-state index in [0.717, 1.165) is 12.8 Å². The third-order valence-electron chi connectivity index (χ3n) is 2.71. The van der Waals surface area contributed by atoms with Gasteiger partial charge in [0.15, 0.2) is 10.9 Å². The minimum Gasteiger partial charge on any atom is -0.461 e. The van der Waals surface area contributed by atoms with Crippen molar-refractivity contribution >= 4 is 17.5 Å². The van der Waals surface area contributed by atoms with Gasteiger partial charge >= 0.3 is 5.69 Å². The fraction of sp³-hybridized carbons (Fsp3) is 0.364. The molecule has 0 unspecified atom stereocenters. The number of thioether (sulfide) groups is 1. The molecule has 6 nitrogen and oxygen atoms in total. The normalized spacial score (nSPS) is 14.9. The maximum atomic E-state index is 11.7. The van der Waals surface area contributed by atoms with E-state index in [9.17, 15) is 9.59 Å². The molecule has 7 heteroatoms. The van der Waals surface area contributed by atoms with E-state index in [0.29, 0.717) is 10.9 Å². The van der Waals surface area contributed by atoms with Gasteiger partial charge in [0.2, 0.25) is 5.78 Å². The quantitative estimate of drug-likeness (QED) is 0.654. The van der Waals surface area contributed by atoms with Gasteiger partial charge in [-0.2, -0.15) is 0 Å². The zero-order chi connectivity index (χ0) is 12.5. The van der Waals surface area contributed by atoms with Gasteiger partial charge in [0, 0.05) is 6.04 Å². The summed E-state index contributed by atoms with van der Waals surface area (Å²) < 4.78 is 6.64. The molecule has 18 heavy (non-hydrogen) atoms. The van der Waals surface area contributed by atoms with Gasteiger partial charge in [-0.05, 0) is 25.0 Å². The first-order valence-electron chi connectivity index (χ1n) is 5.62. The summed E-state index contributed by atoms with van der Waals surface area (Å²) in [7, 11) is 0. The van der Waals surface area contributed by atoms with Gasteiger partial charge in [0.25, 0.3) is 0 Å². The van der Waals surface area contributed by atoms with Crippen molar-refractivity contribution in [1.29, 1.82) is 0 Å². The zero-order valence-corrected chi connectivity index (χ0v) is 10.3. The molecule has 2 heterocycles. The Balaban J connectivity index is 1.70. The van der Waals surface area contributed by atoms with Crippen molar-refractivity contribution in [3.63, 3.8) is 0 Å². The maximum absolute atomic E-state index is 11.7. The number of rotatable bonds is 5. The molecule has 94 valence electrons. The molecule has 0 atom stereocenters. The highest BCUT2D eigenvalue weighted by molar-refractivity contribution is 7.99. The van der Waals surface area contributed by atoms with E-state index in [4.69, 9.17) is 4.42 Å². The van der Waals surface area contributed by atoms with Crippen LogP contribution in [0.3, 0.4) is 0 Å². The van der Waals surface area contributed by atoms with Crippen LogP contribution in [0.15, 0.2) is 32.8 Å². The predicted octanol–water partition coefficient (Wildman–Crippen LogP) is 1.47. The highest BCUT2D eigenvalue weighted by atomic mass is 32.2.